The van der Waals surface area contributed by atoms with E-state index in [1.165, 1.54) is 0 Å². The molecule has 0 aliphatic rings. The zero-order valence-corrected chi connectivity index (χ0v) is 8.42. The number of aryl methyl sites for hydroxylation is 1. The second kappa shape index (κ2) is 3.38. The molecule has 2 nitrogen and oxygen atoms in total. The number of nitrogen functional groups attached to an aromatic ring is 1. The van der Waals surface area contributed by atoms with E-state index in [1.54, 1.807) is 13.8 Å². The second-order valence-electron chi connectivity index (χ2n) is 4.12. The van der Waals surface area contributed by atoms with Gasteiger partial charge in [-0.1, -0.05) is 6.07 Å². The van der Waals surface area contributed by atoms with E-state index in [4.69, 9.17) is 5.73 Å². The Balaban J connectivity index is 2.94. The van der Waals surface area contributed by atoms with Crippen LogP contribution in [0, 0.1) is 6.92 Å². The molecule has 71 valence electrons. The van der Waals surface area contributed by atoms with Crippen LogP contribution >= 0.6 is 0 Å². The molecule has 13 heavy (non-hydrogen) atoms. The monoisotopic (exact) mass is 178 g/mol. The quantitative estimate of drug-likeness (QED) is 0.694. The van der Waals surface area contributed by atoms with Gasteiger partial charge >= 0.3 is 0 Å². The summed E-state index contributed by atoms with van der Waals surface area (Å²) < 4.78 is 0. The number of hydrogen-bond acceptors (Lipinski definition) is 1. The molecule has 0 heterocycles. The lowest BCUT2D eigenvalue weighted by atomic mass is 9.95. The Kier molecular flexibility index (Phi) is 2.62. The molecule has 0 spiro atoms. The first-order valence-electron chi connectivity index (χ1n) is 4.44. The van der Waals surface area contributed by atoms with Crippen molar-refractivity contribution in [3.63, 3.8) is 0 Å². The minimum absolute atomic E-state index is 0.532. The summed E-state index contributed by atoms with van der Waals surface area (Å²) in [6.07, 6.45) is 0.532. The molecule has 0 fully saturated rings. The molecule has 1 radical (unpaired) electrons. The predicted molar refractivity (Wildman–Crippen MR) is 54.1 cm³/mol. The lowest BCUT2D eigenvalue weighted by molar-refractivity contribution is 0.00467. The van der Waals surface area contributed by atoms with Crippen LogP contribution < -0.4 is 5.73 Å². The summed E-state index contributed by atoms with van der Waals surface area (Å²) >= 11 is 0. The predicted octanol–water partition coefficient (Wildman–Crippen LogP) is 2.33. The fourth-order valence-electron chi connectivity index (χ4n) is 1.34. The molecule has 0 aromatic heterocycles. The first-order valence-corrected chi connectivity index (χ1v) is 4.44. The SMILES string of the molecule is Cc1ccc(N)cc1CC(C)(C)[O]. The van der Waals surface area contributed by atoms with Crippen molar-refractivity contribution in [2.24, 2.45) is 0 Å². The maximum atomic E-state index is 11.5. The third-order valence-electron chi connectivity index (χ3n) is 1.99. The van der Waals surface area contributed by atoms with Crippen molar-refractivity contribution in [2.45, 2.75) is 32.8 Å². The lowest BCUT2D eigenvalue weighted by Crippen LogP contribution is -2.20. The summed E-state index contributed by atoms with van der Waals surface area (Å²) in [5.41, 5.74) is 7.65. The van der Waals surface area contributed by atoms with E-state index in [1.807, 2.05) is 25.1 Å². The van der Waals surface area contributed by atoms with E-state index >= 15 is 0 Å². The number of anilines is 1. The zero-order valence-electron chi connectivity index (χ0n) is 8.42. The first kappa shape index (κ1) is 10.1. The van der Waals surface area contributed by atoms with Crippen LogP contribution in [0.2, 0.25) is 0 Å². The second-order valence-corrected chi connectivity index (χ2v) is 4.12. The Morgan fingerprint density at radius 1 is 1.38 bits per heavy atom. The highest BCUT2D eigenvalue weighted by atomic mass is 16.3. The van der Waals surface area contributed by atoms with Crippen molar-refractivity contribution in [1.29, 1.82) is 0 Å². The third kappa shape index (κ3) is 3.07. The smallest absolute Gasteiger partial charge is 0.102 e. The largest absolute Gasteiger partial charge is 0.399 e. The van der Waals surface area contributed by atoms with Crippen molar-refractivity contribution < 1.29 is 5.11 Å². The molecule has 0 saturated heterocycles. The van der Waals surface area contributed by atoms with Gasteiger partial charge in [0, 0.05) is 12.1 Å². The normalized spacial score (nSPS) is 11.7. The number of hydrogen-bond donors (Lipinski definition) is 1. The topological polar surface area (TPSA) is 45.9 Å². The first-order chi connectivity index (χ1) is 5.88. The molecule has 0 bridgehead atoms. The van der Waals surface area contributed by atoms with Gasteiger partial charge in [-0.15, -0.1) is 0 Å². The van der Waals surface area contributed by atoms with E-state index in [0.29, 0.717) is 6.42 Å². The fraction of sp³-hybridized carbons (Fsp3) is 0.455. The maximum absolute atomic E-state index is 11.5. The van der Waals surface area contributed by atoms with Gasteiger partial charge < -0.3 is 5.73 Å². The Hall–Kier alpha value is -1.02. The van der Waals surface area contributed by atoms with Crippen LogP contribution in [0.1, 0.15) is 25.0 Å². The van der Waals surface area contributed by atoms with Crippen molar-refractivity contribution in [3.05, 3.63) is 29.3 Å². The average molecular weight is 178 g/mol. The molecule has 0 saturated carbocycles. The van der Waals surface area contributed by atoms with Gasteiger partial charge in [-0.2, -0.15) is 0 Å². The number of rotatable bonds is 2. The van der Waals surface area contributed by atoms with Crippen LogP contribution in [0.3, 0.4) is 0 Å². The lowest BCUT2D eigenvalue weighted by Gasteiger charge is -2.16. The molecular formula is C11H16NO. The molecule has 0 unspecified atom stereocenters. The van der Waals surface area contributed by atoms with Gasteiger partial charge in [0.1, 0.15) is 5.60 Å². The van der Waals surface area contributed by atoms with Crippen LogP contribution in [0.4, 0.5) is 5.69 Å². The van der Waals surface area contributed by atoms with E-state index in [9.17, 15) is 5.11 Å². The van der Waals surface area contributed by atoms with Gasteiger partial charge in [0.2, 0.25) is 0 Å². The van der Waals surface area contributed by atoms with E-state index in [-0.39, 0.29) is 0 Å². The summed E-state index contributed by atoms with van der Waals surface area (Å²) in [5, 5.41) is 11.5. The fourth-order valence-corrected chi connectivity index (χ4v) is 1.34. The van der Waals surface area contributed by atoms with E-state index in [0.717, 1.165) is 16.8 Å². The Morgan fingerprint density at radius 3 is 2.54 bits per heavy atom. The molecular weight excluding hydrogens is 162 g/mol. The number of benzene rings is 1. The summed E-state index contributed by atoms with van der Waals surface area (Å²) in [6.45, 7) is 5.38. The van der Waals surface area contributed by atoms with Crippen molar-refractivity contribution >= 4 is 5.69 Å². The van der Waals surface area contributed by atoms with Crippen molar-refractivity contribution in [2.75, 3.05) is 5.73 Å². The molecule has 0 amide bonds. The molecule has 2 N–H and O–H groups in total. The minimum atomic E-state index is -0.918. The Bertz CT molecular complexity index is 299. The minimum Gasteiger partial charge on any atom is -0.399 e. The van der Waals surface area contributed by atoms with Crippen LogP contribution in [0.5, 0.6) is 0 Å². The summed E-state index contributed by atoms with van der Waals surface area (Å²) in [6, 6.07) is 5.70. The third-order valence-corrected chi connectivity index (χ3v) is 1.99. The van der Waals surface area contributed by atoms with E-state index in [2.05, 4.69) is 0 Å². The van der Waals surface area contributed by atoms with Crippen molar-refractivity contribution in [3.8, 4) is 0 Å². The summed E-state index contributed by atoms with van der Waals surface area (Å²) in [7, 11) is 0. The van der Waals surface area contributed by atoms with Crippen LogP contribution in [0.25, 0.3) is 0 Å². The van der Waals surface area contributed by atoms with Gasteiger partial charge in [0.05, 0.1) is 0 Å². The van der Waals surface area contributed by atoms with Crippen LogP contribution in [0.15, 0.2) is 18.2 Å². The average Bonchev–Trinajstić information content (AvgIpc) is 1.94. The molecule has 1 rings (SSSR count). The number of nitrogens with two attached hydrogens (primary N) is 1. The highest BCUT2D eigenvalue weighted by Gasteiger charge is 2.17. The van der Waals surface area contributed by atoms with Gasteiger partial charge in [-0.3, -0.25) is 0 Å². The molecule has 1 aromatic rings. The van der Waals surface area contributed by atoms with E-state index < -0.39 is 5.60 Å². The summed E-state index contributed by atoms with van der Waals surface area (Å²) in [5.74, 6) is 0. The van der Waals surface area contributed by atoms with Crippen molar-refractivity contribution in [1.82, 2.24) is 0 Å². The maximum Gasteiger partial charge on any atom is 0.102 e. The van der Waals surface area contributed by atoms with Gasteiger partial charge in [0.25, 0.3) is 0 Å². The molecule has 0 atom stereocenters. The molecule has 0 aliphatic heterocycles. The molecule has 0 aliphatic carbocycles. The molecule has 1 aromatic carbocycles. The summed E-state index contributed by atoms with van der Waals surface area (Å²) in [4.78, 5) is 0. The van der Waals surface area contributed by atoms with Gasteiger partial charge in [-0.05, 0) is 44.0 Å². The standard InChI is InChI=1S/C11H16NO/c1-8-4-5-10(12)6-9(8)7-11(2,3)13/h4-6H,7,12H2,1-3H3. The zero-order chi connectivity index (χ0) is 10.1. The van der Waals surface area contributed by atoms with Gasteiger partial charge in [0.15, 0.2) is 0 Å². The van der Waals surface area contributed by atoms with Gasteiger partial charge in [-0.25, -0.2) is 5.11 Å². The highest BCUT2D eigenvalue weighted by Crippen LogP contribution is 2.18. The van der Waals surface area contributed by atoms with Crippen LogP contribution in [-0.2, 0) is 11.5 Å². The highest BCUT2D eigenvalue weighted by molar-refractivity contribution is 5.44. The Labute approximate surface area is 79.4 Å². The molecule has 2 heteroatoms. The van der Waals surface area contributed by atoms with Crippen LogP contribution in [-0.4, -0.2) is 5.60 Å². The Morgan fingerprint density at radius 2 is 2.00 bits per heavy atom.